The van der Waals surface area contributed by atoms with E-state index in [2.05, 4.69) is 33.1 Å². The fourth-order valence-corrected chi connectivity index (χ4v) is 4.51. The Bertz CT molecular complexity index is 1520. The van der Waals surface area contributed by atoms with Gasteiger partial charge in [0.1, 0.15) is 5.52 Å². The molecule has 0 aliphatic heterocycles. The number of nitrogens with zero attached hydrogens (tertiary/aromatic N) is 5. The van der Waals surface area contributed by atoms with E-state index < -0.39 is 0 Å². The number of Topliss-reactive ketones (excluding diaryl/α,β-unsaturated/α-hetero) is 1. The van der Waals surface area contributed by atoms with Crippen molar-refractivity contribution in [2.45, 2.75) is 19.4 Å². The maximum Gasteiger partial charge on any atom is 0.164 e. The van der Waals surface area contributed by atoms with Gasteiger partial charge in [-0.25, -0.2) is 9.97 Å². The molecule has 0 atom stereocenters. The Morgan fingerprint density at radius 1 is 1.00 bits per heavy atom. The Kier molecular flexibility index (Phi) is 6.57. The molecule has 2 aromatic carbocycles. The van der Waals surface area contributed by atoms with E-state index in [9.17, 15) is 4.79 Å². The number of hydrogen-bond donors (Lipinski definition) is 0. The largest absolute Gasteiger partial charge is 0.311 e. The number of fused-ring (bicyclic) bond motifs is 2. The van der Waals surface area contributed by atoms with E-state index in [0.29, 0.717) is 23.6 Å². The summed E-state index contributed by atoms with van der Waals surface area (Å²) < 4.78 is 2.04. The molecular weight excluding hydrogens is 458 g/mol. The number of rotatable bonds is 8. The molecule has 35 heavy (non-hydrogen) atoms. The highest BCUT2D eigenvalue weighted by Gasteiger charge is 2.13. The predicted molar refractivity (Wildman–Crippen MR) is 141 cm³/mol. The normalized spacial score (nSPS) is 11.5. The minimum absolute atomic E-state index is 0.0653. The van der Waals surface area contributed by atoms with Crippen LogP contribution >= 0.6 is 11.6 Å². The molecule has 0 saturated heterocycles. The number of carbonyl (C=O) groups is 1. The van der Waals surface area contributed by atoms with E-state index in [-0.39, 0.29) is 5.78 Å². The average molecular weight is 484 g/mol. The summed E-state index contributed by atoms with van der Waals surface area (Å²) in [6.07, 6.45) is 4.90. The van der Waals surface area contributed by atoms with Crippen LogP contribution in [0.5, 0.6) is 0 Å². The SMILES string of the molecule is CN(C)CCCC(=O)c1ccc(-c2ccc3ncn(Cc4ccc5ncccc5c4)c3n2)cc1Cl. The smallest absolute Gasteiger partial charge is 0.164 e. The Hall–Kier alpha value is -3.61. The van der Waals surface area contributed by atoms with E-state index >= 15 is 0 Å². The fourth-order valence-electron chi connectivity index (χ4n) is 4.23. The van der Waals surface area contributed by atoms with Crippen LogP contribution in [0.25, 0.3) is 33.3 Å². The Morgan fingerprint density at radius 3 is 2.69 bits per heavy atom. The molecule has 3 aromatic heterocycles. The van der Waals surface area contributed by atoms with Gasteiger partial charge in [0.05, 0.1) is 29.1 Å². The number of ketones is 1. The summed E-state index contributed by atoms with van der Waals surface area (Å²) in [7, 11) is 4.00. The second-order valence-electron chi connectivity index (χ2n) is 8.97. The summed E-state index contributed by atoms with van der Waals surface area (Å²) in [5.74, 6) is 0.0653. The van der Waals surface area contributed by atoms with Gasteiger partial charge in [-0.2, -0.15) is 0 Å². The van der Waals surface area contributed by atoms with Crippen molar-refractivity contribution < 1.29 is 4.79 Å². The van der Waals surface area contributed by atoms with Crippen molar-refractivity contribution in [3.63, 3.8) is 0 Å². The van der Waals surface area contributed by atoms with Crippen LogP contribution in [-0.4, -0.2) is 50.8 Å². The van der Waals surface area contributed by atoms with E-state index in [0.717, 1.165) is 51.9 Å². The van der Waals surface area contributed by atoms with Crippen molar-refractivity contribution in [3.8, 4) is 11.3 Å². The predicted octanol–water partition coefficient (Wildman–Crippen LogP) is 5.87. The third kappa shape index (κ3) is 5.09. The first-order valence-corrected chi connectivity index (χ1v) is 12.0. The zero-order chi connectivity index (χ0) is 24.4. The summed E-state index contributed by atoms with van der Waals surface area (Å²) in [6, 6.07) is 19.7. The number of carbonyl (C=O) groups excluding carboxylic acids is 1. The van der Waals surface area contributed by atoms with Gasteiger partial charge in [-0.15, -0.1) is 0 Å². The summed E-state index contributed by atoms with van der Waals surface area (Å²) in [6.45, 7) is 1.52. The highest BCUT2D eigenvalue weighted by Crippen LogP contribution is 2.27. The molecule has 0 N–H and O–H groups in total. The lowest BCUT2D eigenvalue weighted by Crippen LogP contribution is -2.14. The van der Waals surface area contributed by atoms with Crippen LogP contribution in [0.4, 0.5) is 0 Å². The number of aromatic nitrogens is 4. The van der Waals surface area contributed by atoms with E-state index in [1.165, 1.54) is 0 Å². The van der Waals surface area contributed by atoms with Crippen molar-refractivity contribution in [2.24, 2.45) is 0 Å². The number of pyridine rings is 2. The van der Waals surface area contributed by atoms with Gasteiger partial charge in [0.15, 0.2) is 11.4 Å². The number of benzene rings is 2. The first-order valence-electron chi connectivity index (χ1n) is 11.6. The van der Waals surface area contributed by atoms with Gasteiger partial charge in [0.25, 0.3) is 0 Å². The molecule has 0 aliphatic carbocycles. The summed E-state index contributed by atoms with van der Waals surface area (Å²) in [4.78, 5) is 28.5. The van der Waals surface area contributed by atoms with Crippen molar-refractivity contribution in [1.29, 1.82) is 0 Å². The van der Waals surface area contributed by atoms with E-state index in [1.807, 2.05) is 67.5 Å². The highest BCUT2D eigenvalue weighted by atomic mass is 35.5. The monoisotopic (exact) mass is 483 g/mol. The van der Waals surface area contributed by atoms with E-state index in [4.69, 9.17) is 16.6 Å². The zero-order valence-electron chi connectivity index (χ0n) is 19.8. The molecule has 3 heterocycles. The van der Waals surface area contributed by atoms with Gasteiger partial charge in [-0.3, -0.25) is 9.78 Å². The molecule has 0 bridgehead atoms. The van der Waals surface area contributed by atoms with Gasteiger partial charge in [-0.05, 0) is 75.1 Å². The van der Waals surface area contributed by atoms with Gasteiger partial charge < -0.3 is 9.47 Å². The van der Waals surface area contributed by atoms with Gasteiger partial charge >= 0.3 is 0 Å². The van der Waals surface area contributed by atoms with Crippen LogP contribution in [0.2, 0.25) is 5.02 Å². The fraction of sp³-hybridized carbons (Fsp3) is 0.214. The topological polar surface area (TPSA) is 63.9 Å². The van der Waals surface area contributed by atoms with Crippen LogP contribution in [0.3, 0.4) is 0 Å². The molecular formula is C28H26ClN5O. The first-order chi connectivity index (χ1) is 17.0. The number of imidazole rings is 1. The lowest BCUT2D eigenvalue weighted by atomic mass is 10.0. The molecule has 176 valence electrons. The maximum absolute atomic E-state index is 12.6. The summed E-state index contributed by atoms with van der Waals surface area (Å²) in [5.41, 5.74) is 5.97. The van der Waals surface area contributed by atoms with Crippen molar-refractivity contribution in [2.75, 3.05) is 20.6 Å². The molecule has 0 saturated carbocycles. The molecule has 0 unspecified atom stereocenters. The molecule has 0 spiro atoms. The molecule has 5 rings (SSSR count). The number of halogens is 1. The molecule has 5 aromatic rings. The lowest BCUT2D eigenvalue weighted by Gasteiger charge is -2.10. The van der Waals surface area contributed by atoms with Crippen LogP contribution in [-0.2, 0) is 6.54 Å². The van der Waals surface area contributed by atoms with Crippen LogP contribution in [0.1, 0.15) is 28.8 Å². The summed E-state index contributed by atoms with van der Waals surface area (Å²) >= 11 is 6.52. The molecule has 0 radical (unpaired) electrons. The van der Waals surface area contributed by atoms with E-state index in [1.54, 1.807) is 6.20 Å². The Balaban J connectivity index is 1.40. The van der Waals surface area contributed by atoms with Gasteiger partial charge in [0.2, 0.25) is 0 Å². The number of hydrogen-bond acceptors (Lipinski definition) is 5. The molecule has 0 amide bonds. The van der Waals surface area contributed by atoms with Crippen LogP contribution in [0.15, 0.2) is 73.2 Å². The van der Waals surface area contributed by atoms with Gasteiger partial charge in [0, 0.05) is 29.1 Å². The third-order valence-electron chi connectivity index (χ3n) is 6.06. The van der Waals surface area contributed by atoms with Crippen molar-refractivity contribution >= 4 is 39.5 Å². The first kappa shape index (κ1) is 23.1. The second-order valence-corrected chi connectivity index (χ2v) is 9.37. The standard InChI is InChI=1S/C28H26ClN5O/c1-33(2)14-4-6-27(35)22-9-8-21(16-23(22)29)25-11-12-26-28(32-25)34(18-31-26)17-19-7-10-24-20(15-19)5-3-13-30-24/h3,5,7-13,15-16,18H,4,6,14,17H2,1-2H3. The average Bonchev–Trinajstić information content (AvgIpc) is 3.25. The Labute approximate surface area is 209 Å². The van der Waals surface area contributed by atoms with Crippen molar-refractivity contribution in [3.05, 3.63) is 89.3 Å². The minimum atomic E-state index is 0.0653. The zero-order valence-corrected chi connectivity index (χ0v) is 20.5. The summed E-state index contributed by atoms with van der Waals surface area (Å²) in [5, 5.41) is 1.56. The van der Waals surface area contributed by atoms with Crippen LogP contribution < -0.4 is 0 Å². The maximum atomic E-state index is 12.6. The van der Waals surface area contributed by atoms with Gasteiger partial charge in [-0.1, -0.05) is 29.8 Å². The Morgan fingerprint density at radius 2 is 1.86 bits per heavy atom. The molecule has 0 aliphatic rings. The quantitative estimate of drug-likeness (QED) is 0.258. The molecule has 7 heteroatoms. The highest BCUT2D eigenvalue weighted by molar-refractivity contribution is 6.34. The molecule has 6 nitrogen and oxygen atoms in total. The third-order valence-corrected chi connectivity index (χ3v) is 6.37. The minimum Gasteiger partial charge on any atom is -0.311 e. The van der Waals surface area contributed by atoms with Crippen LogP contribution in [0, 0.1) is 0 Å². The lowest BCUT2D eigenvalue weighted by molar-refractivity contribution is 0.0977. The molecule has 0 fully saturated rings. The second kappa shape index (κ2) is 9.94. The van der Waals surface area contributed by atoms with Crippen molar-refractivity contribution in [1.82, 2.24) is 24.4 Å².